The van der Waals surface area contributed by atoms with Gasteiger partial charge in [0.05, 0.1) is 13.4 Å². The Balaban J connectivity index is 1.75. The fourth-order valence-electron chi connectivity index (χ4n) is 1.54. The number of rotatable bonds is 6. The van der Waals surface area contributed by atoms with Gasteiger partial charge in [0.25, 0.3) is 0 Å². The average molecular weight is 261 g/mol. The summed E-state index contributed by atoms with van der Waals surface area (Å²) in [4.78, 5) is 15.1. The van der Waals surface area contributed by atoms with Gasteiger partial charge in [-0.2, -0.15) is 0 Å². The molecule has 0 aliphatic carbocycles. The largest absolute Gasteiger partial charge is 0.464 e. The highest BCUT2D eigenvalue weighted by Crippen LogP contribution is 2.03. The van der Waals surface area contributed by atoms with E-state index in [9.17, 15) is 4.79 Å². The van der Waals surface area contributed by atoms with Crippen LogP contribution in [0.2, 0.25) is 0 Å². The van der Waals surface area contributed by atoms with Gasteiger partial charge in [-0.1, -0.05) is 0 Å². The minimum Gasteiger partial charge on any atom is -0.464 e. The summed E-state index contributed by atoms with van der Waals surface area (Å²) in [5.74, 6) is 0.150. The molecule has 0 atom stereocenters. The first-order chi connectivity index (χ1) is 9.29. The Labute approximate surface area is 110 Å². The molecule has 0 aliphatic heterocycles. The Hall–Kier alpha value is -2.44. The molecule has 0 radical (unpaired) electrons. The monoisotopic (exact) mass is 261 g/mol. The van der Waals surface area contributed by atoms with E-state index in [2.05, 4.69) is 25.2 Å². The molecule has 0 aliphatic rings. The maximum absolute atomic E-state index is 11.2. The van der Waals surface area contributed by atoms with Crippen molar-refractivity contribution < 1.29 is 9.53 Å². The van der Waals surface area contributed by atoms with E-state index in [1.807, 2.05) is 10.8 Å². The van der Waals surface area contributed by atoms with Crippen LogP contribution in [0.5, 0.6) is 0 Å². The predicted octanol–water partition coefficient (Wildman–Crippen LogP) is 0.962. The first kappa shape index (κ1) is 13.0. The molecular formula is C12H15N5O2. The van der Waals surface area contributed by atoms with Crippen LogP contribution in [0.4, 0.5) is 5.82 Å². The maximum Gasteiger partial charge on any atom is 0.358 e. The third kappa shape index (κ3) is 3.77. The minimum atomic E-state index is -0.487. The van der Waals surface area contributed by atoms with Crippen molar-refractivity contribution in [1.29, 1.82) is 0 Å². The average Bonchev–Trinajstić information content (AvgIpc) is 2.96. The third-order valence-electron chi connectivity index (χ3n) is 2.52. The SMILES string of the molecule is COC(=O)c1ccc(NCCCn2ccnc2)nn1. The molecule has 19 heavy (non-hydrogen) atoms. The van der Waals surface area contributed by atoms with Gasteiger partial charge in [0.15, 0.2) is 5.69 Å². The van der Waals surface area contributed by atoms with Crippen LogP contribution in [0.1, 0.15) is 16.9 Å². The number of nitrogens with zero attached hydrogens (tertiary/aromatic N) is 4. The molecule has 0 saturated heterocycles. The van der Waals surface area contributed by atoms with Crippen molar-refractivity contribution in [2.24, 2.45) is 0 Å². The predicted molar refractivity (Wildman–Crippen MR) is 68.7 cm³/mol. The number of esters is 1. The fraction of sp³-hybridized carbons (Fsp3) is 0.333. The molecule has 2 aromatic rings. The molecule has 2 heterocycles. The van der Waals surface area contributed by atoms with Crippen molar-refractivity contribution in [2.75, 3.05) is 19.0 Å². The summed E-state index contributed by atoms with van der Waals surface area (Å²) >= 11 is 0. The van der Waals surface area contributed by atoms with E-state index in [-0.39, 0.29) is 5.69 Å². The van der Waals surface area contributed by atoms with Crippen LogP contribution in [0.25, 0.3) is 0 Å². The maximum atomic E-state index is 11.2. The second-order valence-electron chi connectivity index (χ2n) is 3.88. The molecule has 0 saturated carbocycles. The highest BCUT2D eigenvalue weighted by molar-refractivity contribution is 5.86. The van der Waals surface area contributed by atoms with Crippen LogP contribution in [0.15, 0.2) is 30.9 Å². The lowest BCUT2D eigenvalue weighted by Gasteiger charge is -2.05. The van der Waals surface area contributed by atoms with E-state index < -0.39 is 5.97 Å². The molecule has 2 rings (SSSR count). The summed E-state index contributed by atoms with van der Waals surface area (Å²) < 4.78 is 6.55. The van der Waals surface area contributed by atoms with Gasteiger partial charge < -0.3 is 14.6 Å². The van der Waals surface area contributed by atoms with Crippen molar-refractivity contribution in [3.05, 3.63) is 36.5 Å². The van der Waals surface area contributed by atoms with Crippen molar-refractivity contribution in [2.45, 2.75) is 13.0 Å². The summed E-state index contributed by atoms with van der Waals surface area (Å²) in [5, 5.41) is 10.8. The standard InChI is InChI=1S/C12H15N5O2/c1-19-12(18)10-3-4-11(16-15-10)14-5-2-7-17-8-6-13-9-17/h3-4,6,8-9H,2,5,7H2,1H3,(H,14,16). The Morgan fingerprint density at radius 1 is 1.42 bits per heavy atom. The summed E-state index contributed by atoms with van der Waals surface area (Å²) in [6, 6.07) is 3.29. The van der Waals surface area contributed by atoms with Crippen LogP contribution < -0.4 is 5.32 Å². The summed E-state index contributed by atoms with van der Waals surface area (Å²) in [6.07, 6.45) is 6.40. The van der Waals surface area contributed by atoms with Gasteiger partial charge in [-0.05, 0) is 18.6 Å². The number of imidazole rings is 1. The number of hydrogen-bond donors (Lipinski definition) is 1. The van der Waals surface area contributed by atoms with E-state index >= 15 is 0 Å². The Bertz CT molecular complexity index is 509. The molecule has 100 valence electrons. The first-order valence-corrected chi connectivity index (χ1v) is 5.91. The quantitative estimate of drug-likeness (QED) is 0.616. The fourth-order valence-corrected chi connectivity index (χ4v) is 1.54. The van der Waals surface area contributed by atoms with E-state index in [1.165, 1.54) is 7.11 Å². The summed E-state index contributed by atoms with van der Waals surface area (Å²) in [5.41, 5.74) is 0.200. The molecular weight excluding hydrogens is 246 g/mol. The normalized spacial score (nSPS) is 10.2. The Morgan fingerprint density at radius 3 is 2.95 bits per heavy atom. The van der Waals surface area contributed by atoms with E-state index in [0.717, 1.165) is 19.5 Å². The molecule has 1 N–H and O–H groups in total. The smallest absolute Gasteiger partial charge is 0.358 e. The van der Waals surface area contributed by atoms with Gasteiger partial charge >= 0.3 is 5.97 Å². The molecule has 0 bridgehead atoms. The number of anilines is 1. The molecule has 0 aromatic carbocycles. The van der Waals surface area contributed by atoms with E-state index in [1.54, 1.807) is 24.7 Å². The number of aromatic nitrogens is 4. The van der Waals surface area contributed by atoms with Crippen LogP contribution in [0, 0.1) is 0 Å². The van der Waals surface area contributed by atoms with Crippen LogP contribution in [-0.2, 0) is 11.3 Å². The van der Waals surface area contributed by atoms with Gasteiger partial charge in [-0.3, -0.25) is 0 Å². The number of ether oxygens (including phenoxy) is 1. The molecule has 0 amide bonds. The lowest BCUT2D eigenvalue weighted by Crippen LogP contribution is -2.10. The summed E-state index contributed by atoms with van der Waals surface area (Å²) in [6.45, 7) is 1.66. The minimum absolute atomic E-state index is 0.200. The van der Waals surface area contributed by atoms with E-state index in [0.29, 0.717) is 5.82 Å². The Morgan fingerprint density at radius 2 is 2.32 bits per heavy atom. The second-order valence-corrected chi connectivity index (χ2v) is 3.88. The number of carbonyl (C=O) groups is 1. The van der Waals surface area contributed by atoms with Crippen molar-refractivity contribution in [3.63, 3.8) is 0 Å². The topological polar surface area (TPSA) is 81.9 Å². The van der Waals surface area contributed by atoms with Crippen LogP contribution in [0.3, 0.4) is 0 Å². The number of hydrogen-bond acceptors (Lipinski definition) is 6. The number of methoxy groups -OCH3 is 1. The van der Waals surface area contributed by atoms with E-state index in [4.69, 9.17) is 0 Å². The summed E-state index contributed by atoms with van der Waals surface area (Å²) in [7, 11) is 1.31. The zero-order chi connectivity index (χ0) is 13.5. The molecule has 0 fully saturated rings. The molecule has 2 aromatic heterocycles. The van der Waals surface area contributed by atoms with Crippen LogP contribution >= 0.6 is 0 Å². The van der Waals surface area contributed by atoms with Gasteiger partial charge in [0, 0.05) is 25.5 Å². The first-order valence-electron chi connectivity index (χ1n) is 5.91. The van der Waals surface area contributed by atoms with Gasteiger partial charge in [-0.15, -0.1) is 10.2 Å². The van der Waals surface area contributed by atoms with Gasteiger partial charge in [0.1, 0.15) is 5.82 Å². The molecule has 7 heteroatoms. The van der Waals surface area contributed by atoms with Crippen LogP contribution in [-0.4, -0.2) is 39.4 Å². The van der Waals surface area contributed by atoms with Crippen molar-refractivity contribution in [3.8, 4) is 0 Å². The zero-order valence-electron chi connectivity index (χ0n) is 10.6. The lowest BCUT2D eigenvalue weighted by atomic mass is 10.3. The van der Waals surface area contributed by atoms with Gasteiger partial charge in [-0.25, -0.2) is 9.78 Å². The molecule has 0 spiro atoms. The Kier molecular flexibility index (Phi) is 4.44. The second kappa shape index (κ2) is 6.48. The molecule has 7 nitrogen and oxygen atoms in total. The van der Waals surface area contributed by atoms with Crippen molar-refractivity contribution in [1.82, 2.24) is 19.7 Å². The molecule has 0 unspecified atom stereocenters. The lowest BCUT2D eigenvalue weighted by molar-refractivity contribution is 0.0593. The van der Waals surface area contributed by atoms with Gasteiger partial charge in [0.2, 0.25) is 0 Å². The number of carbonyl (C=O) groups excluding carboxylic acids is 1. The van der Waals surface area contributed by atoms with Crippen molar-refractivity contribution >= 4 is 11.8 Å². The highest BCUT2D eigenvalue weighted by Gasteiger charge is 2.06. The highest BCUT2D eigenvalue weighted by atomic mass is 16.5. The number of nitrogens with one attached hydrogen (secondary N) is 1. The zero-order valence-corrected chi connectivity index (χ0v) is 10.6. The third-order valence-corrected chi connectivity index (χ3v) is 2.52. The number of aryl methyl sites for hydroxylation is 1.